The molecule has 3 nitrogen and oxygen atoms in total. The third-order valence-electron chi connectivity index (χ3n) is 2.58. The normalized spacial score (nSPS) is 10.7. The van der Waals surface area contributed by atoms with Gasteiger partial charge in [0.2, 0.25) is 0 Å². The highest BCUT2D eigenvalue weighted by Gasteiger charge is 2.07. The molecule has 86 valence electrons. The third kappa shape index (κ3) is 2.63. The fourth-order valence-corrected chi connectivity index (χ4v) is 1.72. The van der Waals surface area contributed by atoms with Crippen molar-refractivity contribution in [1.29, 1.82) is 0 Å². The molecule has 1 rings (SSSR count). The number of rotatable bonds is 4. The van der Waals surface area contributed by atoms with Gasteiger partial charge in [-0.3, -0.25) is 0 Å². The first kappa shape index (κ1) is 12.3. The number of benzene rings is 1. The van der Waals surface area contributed by atoms with E-state index in [-0.39, 0.29) is 0 Å². The average Bonchev–Trinajstić information content (AvgIpc) is 2.26. The van der Waals surface area contributed by atoms with Crippen LogP contribution in [0.15, 0.2) is 18.2 Å². The number of methoxy groups -OCH3 is 1. The van der Waals surface area contributed by atoms with Gasteiger partial charge in [-0.2, -0.15) is 0 Å². The molecule has 0 aliphatic carbocycles. The lowest BCUT2D eigenvalue weighted by molar-refractivity contribution is -0.131. The molecule has 1 N–H and O–H groups in total. The second-order valence-corrected chi connectivity index (χ2v) is 3.49. The summed E-state index contributed by atoms with van der Waals surface area (Å²) < 4.78 is 5.26. The minimum absolute atomic E-state index is 0.854. The number of hydrogen-bond acceptors (Lipinski definition) is 2. The summed E-state index contributed by atoms with van der Waals surface area (Å²) in [6.45, 7) is 4.03. The lowest BCUT2D eigenvalue weighted by atomic mass is 9.99. The molecule has 1 aromatic carbocycles. The Balaban J connectivity index is 3.18. The standard InChI is InChI=1S/C13H16O3/c1-4-11-9(2)10(6-8-13(14)15)5-7-12(11)16-3/h5-8H,4H2,1-3H3,(H,14,15). The molecule has 3 heteroatoms. The van der Waals surface area contributed by atoms with Crippen molar-refractivity contribution >= 4 is 12.0 Å². The lowest BCUT2D eigenvalue weighted by Gasteiger charge is -2.12. The smallest absolute Gasteiger partial charge is 0.328 e. The van der Waals surface area contributed by atoms with Gasteiger partial charge in [0.1, 0.15) is 5.75 Å². The predicted molar refractivity (Wildman–Crippen MR) is 63.8 cm³/mol. The molecule has 0 amide bonds. The van der Waals surface area contributed by atoms with Crippen LogP contribution in [-0.2, 0) is 11.2 Å². The van der Waals surface area contributed by atoms with E-state index in [1.165, 1.54) is 0 Å². The van der Waals surface area contributed by atoms with Crippen LogP contribution in [0.1, 0.15) is 23.6 Å². The summed E-state index contributed by atoms with van der Waals surface area (Å²) in [6, 6.07) is 3.74. The molecule has 0 heterocycles. The van der Waals surface area contributed by atoms with Crippen molar-refractivity contribution in [3.05, 3.63) is 34.9 Å². The molecule has 0 saturated carbocycles. The van der Waals surface area contributed by atoms with Crippen molar-refractivity contribution in [3.8, 4) is 5.75 Å². The zero-order chi connectivity index (χ0) is 12.1. The topological polar surface area (TPSA) is 46.5 Å². The molecule has 0 spiro atoms. The van der Waals surface area contributed by atoms with Crippen LogP contribution in [0.4, 0.5) is 0 Å². The Hall–Kier alpha value is -1.77. The first-order valence-electron chi connectivity index (χ1n) is 5.17. The van der Waals surface area contributed by atoms with Crippen LogP contribution in [0.2, 0.25) is 0 Å². The maximum atomic E-state index is 10.5. The molecule has 0 radical (unpaired) electrons. The van der Waals surface area contributed by atoms with Crippen LogP contribution < -0.4 is 4.74 Å². The number of aliphatic carboxylic acids is 1. The molecular formula is C13H16O3. The Bertz CT molecular complexity index is 419. The van der Waals surface area contributed by atoms with Crippen molar-refractivity contribution in [2.75, 3.05) is 7.11 Å². The molecule has 0 bridgehead atoms. The lowest BCUT2D eigenvalue weighted by Crippen LogP contribution is -1.96. The van der Waals surface area contributed by atoms with Crippen LogP contribution >= 0.6 is 0 Å². The highest BCUT2D eigenvalue weighted by atomic mass is 16.5. The van der Waals surface area contributed by atoms with Gasteiger partial charge in [0.15, 0.2) is 0 Å². The molecular weight excluding hydrogens is 204 g/mol. The van der Waals surface area contributed by atoms with Gasteiger partial charge in [-0.1, -0.05) is 13.0 Å². The molecule has 0 aromatic heterocycles. The van der Waals surface area contributed by atoms with Crippen LogP contribution in [0, 0.1) is 6.92 Å². The van der Waals surface area contributed by atoms with Crippen molar-refractivity contribution in [3.63, 3.8) is 0 Å². The van der Waals surface area contributed by atoms with Gasteiger partial charge in [0, 0.05) is 6.08 Å². The van der Waals surface area contributed by atoms with Crippen molar-refractivity contribution in [1.82, 2.24) is 0 Å². The van der Waals surface area contributed by atoms with Crippen molar-refractivity contribution in [2.45, 2.75) is 20.3 Å². The second kappa shape index (κ2) is 5.35. The van der Waals surface area contributed by atoms with Crippen LogP contribution in [0.25, 0.3) is 6.08 Å². The van der Waals surface area contributed by atoms with Gasteiger partial charge >= 0.3 is 5.97 Å². The van der Waals surface area contributed by atoms with E-state index in [0.29, 0.717) is 0 Å². The summed E-state index contributed by atoms with van der Waals surface area (Å²) in [5.74, 6) is -0.0826. The van der Waals surface area contributed by atoms with Gasteiger partial charge in [0.25, 0.3) is 0 Å². The summed E-state index contributed by atoms with van der Waals surface area (Å²) in [5.41, 5.74) is 3.11. The van der Waals surface area contributed by atoms with E-state index in [1.54, 1.807) is 13.2 Å². The van der Waals surface area contributed by atoms with E-state index in [9.17, 15) is 4.79 Å². The third-order valence-corrected chi connectivity index (χ3v) is 2.58. The number of carboxylic acids is 1. The Labute approximate surface area is 95.4 Å². The van der Waals surface area contributed by atoms with E-state index in [2.05, 4.69) is 6.92 Å². The average molecular weight is 220 g/mol. The maximum Gasteiger partial charge on any atom is 0.328 e. The highest BCUT2D eigenvalue weighted by molar-refractivity contribution is 5.85. The van der Waals surface area contributed by atoms with Gasteiger partial charge in [-0.15, -0.1) is 0 Å². The van der Waals surface area contributed by atoms with Crippen molar-refractivity contribution < 1.29 is 14.6 Å². The molecule has 0 saturated heterocycles. The number of ether oxygens (including phenoxy) is 1. The monoisotopic (exact) mass is 220 g/mol. The fraction of sp³-hybridized carbons (Fsp3) is 0.308. The minimum Gasteiger partial charge on any atom is -0.496 e. The van der Waals surface area contributed by atoms with Crippen LogP contribution in [0.3, 0.4) is 0 Å². The van der Waals surface area contributed by atoms with Gasteiger partial charge in [-0.05, 0) is 42.2 Å². The number of carbonyl (C=O) groups is 1. The van der Waals surface area contributed by atoms with E-state index in [1.807, 2.05) is 19.1 Å². The van der Waals surface area contributed by atoms with E-state index in [0.717, 1.165) is 34.9 Å². The Kier molecular flexibility index (Phi) is 4.11. The first-order valence-corrected chi connectivity index (χ1v) is 5.17. The highest BCUT2D eigenvalue weighted by Crippen LogP contribution is 2.26. The predicted octanol–water partition coefficient (Wildman–Crippen LogP) is 2.66. The Morgan fingerprint density at radius 1 is 1.50 bits per heavy atom. The van der Waals surface area contributed by atoms with Crippen LogP contribution in [-0.4, -0.2) is 18.2 Å². The zero-order valence-corrected chi connectivity index (χ0v) is 9.78. The SMILES string of the molecule is CCc1c(OC)ccc(C=CC(=O)O)c1C. The Morgan fingerprint density at radius 3 is 2.69 bits per heavy atom. The molecule has 0 aliphatic heterocycles. The van der Waals surface area contributed by atoms with Gasteiger partial charge < -0.3 is 9.84 Å². The summed E-state index contributed by atoms with van der Waals surface area (Å²) in [7, 11) is 1.64. The van der Waals surface area contributed by atoms with E-state index >= 15 is 0 Å². The molecule has 0 atom stereocenters. The quantitative estimate of drug-likeness (QED) is 0.793. The van der Waals surface area contributed by atoms with Crippen molar-refractivity contribution in [2.24, 2.45) is 0 Å². The number of carboxylic acid groups (broad SMARTS) is 1. The molecule has 0 unspecified atom stereocenters. The maximum absolute atomic E-state index is 10.5. The number of hydrogen-bond donors (Lipinski definition) is 1. The minimum atomic E-state index is -0.937. The van der Waals surface area contributed by atoms with Gasteiger partial charge in [0.05, 0.1) is 7.11 Å². The summed E-state index contributed by atoms with van der Waals surface area (Å²) in [4.78, 5) is 10.5. The molecule has 16 heavy (non-hydrogen) atoms. The molecule has 1 aromatic rings. The largest absolute Gasteiger partial charge is 0.496 e. The Morgan fingerprint density at radius 2 is 2.19 bits per heavy atom. The van der Waals surface area contributed by atoms with E-state index < -0.39 is 5.97 Å². The first-order chi connectivity index (χ1) is 7.60. The zero-order valence-electron chi connectivity index (χ0n) is 9.78. The summed E-state index contributed by atoms with van der Waals surface area (Å²) >= 11 is 0. The second-order valence-electron chi connectivity index (χ2n) is 3.49. The summed E-state index contributed by atoms with van der Waals surface area (Å²) in [6.07, 6.45) is 3.62. The van der Waals surface area contributed by atoms with Crippen LogP contribution in [0.5, 0.6) is 5.75 Å². The molecule has 0 fully saturated rings. The molecule has 0 aliphatic rings. The van der Waals surface area contributed by atoms with E-state index in [4.69, 9.17) is 9.84 Å². The van der Waals surface area contributed by atoms with Gasteiger partial charge in [-0.25, -0.2) is 4.79 Å². The summed E-state index contributed by atoms with van der Waals surface area (Å²) in [5, 5.41) is 8.58. The fourth-order valence-electron chi connectivity index (χ4n) is 1.72.